The van der Waals surface area contributed by atoms with Crippen molar-refractivity contribution in [2.45, 2.75) is 45.6 Å². The summed E-state index contributed by atoms with van der Waals surface area (Å²) < 4.78 is 0. The van der Waals surface area contributed by atoms with Gasteiger partial charge in [-0.05, 0) is 72.4 Å². The summed E-state index contributed by atoms with van der Waals surface area (Å²) in [4.78, 5) is 34.3. The number of fused-ring (bicyclic) bond motifs is 1. The molecule has 0 spiro atoms. The van der Waals surface area contributed by atoms with Crippen LogP contribution in [-0.2, 0) is 16.1 Å². The molecule has 6 heteroatoms. The van der Waals surface area contributed by atoms with Gasteiger partial charge in [-0.3, -0.25) is 4.79 Å². The topological polar surface area (TPSA) is 86.3 Å². The number of aromatic amines is 1. The average Bonchev–Trinajstić information content (AvgIpc) is 3.30. The first kappa shape index (κ1) is 24.5. The third-order valence-corrected chi connectivity index (χ3v) is 7.05. The molecular formula is C31H31N3O3. The van der Waals surface area contributed by atoms with Gasteiger partial charge < -0.3 is 15.0 Å². The fourth-order valence-corrected chi connectivity index (χ4v) is 5.13. The molecule has 3 aromatic carbocycles. The van der Waals surface area contributed by atoms with E-state index in [0.29, 0.717) is 6.54 Å². The van der Waals surface area contributed by atoms with Gasteiger partial charge in [0.05, 0.1) is 17.6 Å². The summed E-state index contributed by atoms with van der Waals surface area (Å²) in [5, 5.41) is 9.01. The Balaban J connectivity index is 1.42. The van der Waals surface area contributed by atoms with Gasteiger partial charge in [0.1, 0.15) is 5.82 Å². The third kappa shape index (κ3) is 5.80. The maximum Gasteiger partial charge on any atom is 0.328 e. The van der Waals surface area contributed by atoms with E-state index in [9.17, 15) is 9.59 Å². The normalized spacial score (nSPS) is 14.3. The Hall–Kier alpha value is -4.19. The number of rotatable bonds is 7. The average molecular weight is 494 g/mol. The minimum absolute atomic E-state index is 0.0239. The Bertz CT molecular complexity index is 1450. The van der Waals surface area contributed by atoms with E-state index in [1.807, 2.05) is 42.2 Å². The maximum absolute atomic E-state index is 13.7. The molecule has 0 atom stereocenters. The van der Waals surface area contributed by atoms with Gasteiger partial charge in [0.15, 0.2) is 0 Å². The summed E-state index contributed by atoms with van der Waals surface area (Å²) in [6.07, 6.45) is 7.87. The van der Waals surface area contributed by atoms with E-state index >= 15 is 0 Å². The van der Waals surface area contributed by atoms with Crippen molar-refractivity contribution in [2.75, 3.05) is 4.90 Å². The van der Waals surface area contributed by atoms with E-state index in [1.54, 1.807) is 6.08 Å². The smallest absolute Gasteiger partial charge is 0.328 e. The number of aryl methyl sites for hydroxylation is 1. The number of carboxylic acids is 1. The molecule has 2 N–H and O–H groups in total. The SMILES string of the molecule is Cc1nc2ccc(-c3ccc(CN(C(=O)C4CCCCC4)c4cccc(C=CC(=O)O)c4)cc3)cc2[nH]1. The molecule has 0 radical (unpaired) electrons. The molecule has 37 heavy (non-hydrogen) atoms. The molecule has 0 aliphatic heterocycles. The van der Waals surface area contributed by atoms with Crippen LogP contribution in [-0.4, -0.2) is 27.0 Å². The third-order valence-electron chi connectivity index (χ3n) is 7.05. The molecule has 1 heterocycles. The summed E-state index contributed by atoms with van der Waals surface area (Å²) in [7, 11) is 0. The number of nitrogens with one attached hydrogen (secondary N) is 1. The Morgan fingerprint density at radius 2 is 1.76 bits per heavy atom. The van der Waals surface area contributed by atoms with Crippen LogP contribution in [0.5, 0.6) is 0 Å². The lowest BCUT2D eigenvalue weighted by molar-refractivity contribution is -0.131. The fourth-order valence-electron chi connectivity index (χ4n) is 5.13. The van der Waals surface area contributed by atoms with Gasteiger partial charge in [-0.25, -0.2) is 9.78 Å². The largest absolute Gasteiger partial charge is 0.478 e. The molecular weight excluding hydrogens is 462 g/mol. The standard InChI is InChI=1S/C31H31N3O3/c1-21-32-28-16-15-26(19-29(28)33-21)24-13-10-23(11-14-24)20-34(31(37)25-7-3-2-4-8-25)27-9-5-6-22(18-27)12-17-30(35)36/h5-6,9-19,25H,2-4,7-8,20H2,1H3,(H,32,33)(H,35,36). The molecule has 0 saturated heterocycles. The van der Waals surface area contributed by atoms with E-state index < -0.39 is 5.97 Å². The molecule has 1 aliphatic rings. The number of anilines is 1. The van der Waals surface area contributed by atoms with Crippen LogP contribution in [0.3, 0.4) is 0 Å². The zero-order valence-corrected chi connectivity index (χ0v) is 21.0. The Morgan fingerprint density at radius 3 is 2.51 bits per heavy atom. The molecule has 4 aromatic rings. The van der Waals surface area contributed by atoms with Gasteiger partial charge in [0.25, 0.3) is 0 Å². The summed E-state index contributed by atoms with van der Waals surface area (Å²) in [5.74, 6) is 0.0641. The van der Waals surface area contributed by atoms with Gasteiger partial charge in [0.2, 0.25) is 5.91 Å². The number of aromatic nitrogens is 2. The lowest BCUT2D eigenvalue weighted by Crippen LogP contribution is -2.36. The number of carboxylic acid groups (broad SMARTS) is 1. The minimum atomic E-state index is -0.998. The summed E-state index contributed by atoms with van der Waals surface area (Å²) >= 11 is 0. The van der Waals surface area contributed by atoms with Gasteiger partial charge >= 0.3 is 5.97 Å². The number of benzene rings is 3. The number of amides is 1. The Labute approximate surface area is 216 Å². The van der Waals surface area contributed by atoms with Gasteiger partial charge in [-0.15, -0.1) is 0 Å². The fraction of sp³-hybridized carbons (Fsp3) is 0.258. The van der Waals surface area contributed by atoms with Crippen molar-refractivity contribution in [3.63, 3.8) is 0 Å². The van der Waals surface area contributed by atoms with Gasteiger partial charge in [0, 0.05) is 17.7 Å². The van der Waals surface area contributed by atoms with Crippen LogP contribution in [0, 0.1) is 12.8 Å². The van der Waals surface area contributed by atoms with Crippen molar-refractivity contribution >= 4 is 34.7 Å². The second kappa shape index (κ2) is 10.8. The minimum Gasteiger partial charge on any atom is -0.478 e. The number of carbonyl (C=O) groups excluding carboxylic acids is 1. The van der Waals surface area contributed by atoms with E-state index in [1.165, 1.54) is 6.42 Å². The highest BCUT2D eigenvalue weighted by Crippen LogP contribution is 2.30. The first-order chi connectivity index (χ1) is 18.0. The van der Waals surface area contributed by atoms with Crippen molar-refractivity contribution < 1.29 is 14.7 Å². The van der Waals surface area contributed by atoms with Crippen LogP contribution in [0.15, 0.2) is 72.8 Å². The van der Waals surface area contributed by atoms with Crippen LogP contribution in [0.4, 0.5) is 5.69 Å². The van der Waals surface area contributed by atoms with Crippen LogP contribution >= 0.6 is 0 Å². The summed E-state index contributed by atoms with van der Waals surface area (Å²) in [5.41, 5.74) is 6.75. The molecule has 5 rings (SSSR count). The van der Waals surface area contributed by atoms with Crippen molar-refractivity contribution in [1.29, 1.82) is 0 Å². The predicted molar refractivity (Wildman–Crippen MR) is 147 cm³/mol. The molecule has 1 aliphatic carbocycles. The molecule has 1 saturated carbocycles. The van der Waals surface area contributed by atoms with Crippen molar-refractivity contribution in [3.8, 4) is 11.1 Å². The summed E-state index contributed by atoms with van der Waals surface area (Å²) in [6, 6.07) is 22.1. The number of imidazole rings is 1. The van der Waals surface area contributed by atoms with Crippen LogP contribution < -0.4 is 4.90 Å². The quantitative estimate of drug-likeness (QED) is 0.279. The Morgan fingerprint density at radius 1 is 1.00 bits per heavy atom. The van der Waals surface area contributed by atoms with E-state index in [0.717, 1.165) is 76.6 Å². The lowest BCUT2D eigenvalue weighted by atomic mass is 9.88. The highest BCUT2D eigenvalue weighted by atomic mass is 16.4. The molecule has 1 fully saturated rings. The lowest BCUT2D eigenvalue weighted by Gasteiger charge is -2.30. The van der Waals surface area contributed by atoms with Crippen LogP contribution in [0.25, 0.3) is 28.2 Å². The Kier molecular flexibility index (Phi) is 7.17. The van der Waals surface area contributed by atoms with E-state index in [-0.39, 0.29) is 11.8 Å². The number of hydrogen-bond donors (Lipinski definition) is 2. The molecule has 188 valence electrons. The molecule has 6 nitrogen and oxygen atoms in total. The zero-order valence-electron chi connectivity index (χ0n) is 21.0. The maximum atomic E-state index is 13.7. The second-order valence-electron chi connectivity index (χ2n) is 9.78. The number of carbonyl (C=O) groups is 2. The van der Waals surface area contributed by atoms with E-state index in [4.69, 9.17) is 5.11 Å². The first-order valence-electron chi connectivity index (χ1n) is 12.8. The molecule has 0 unspecified atom stereocenters. The van der Waals surface area contributed by atoms with Crippen molar-refractivity contribution in [1.82, 2.24) is 9.97 Å². The summed E-state index contributed by atoms with van der Waals surface area (Å²) in [6.45, 7) is 2.41. The number of hydrogen-bond acceptors (Lipinski definition) is 3. The van der Waals surface area contributed by atoms with Gasteiger partial charge in [-0.2, -0.15) is 0 Å². The molecule has 1 amide bonds. The van der Waals surface area contributed by atoms with Crippen molar-refractivity contribution in [3.05, 3.63) is 89.8 Å². The predicted octanol–water partition coefficient (Wildman–Crippen LogP) is 6.75. The number of aliphatic carboxylic acids is 1. The van der Waals surface area contributed by atoms with E-state index in [2.05, 4.69) is 46.4 Å². The molecule has 1 aromatic heterocycles. The highest BCUT2D eigenvalue weighted by molar-refractivity contribution is 5.95. The highest BCUT2D eigenvalue weighted by Gasteiger charge is 2.27. The van der Waals surface area contributed by atoms with Crippen LogP contribution in [0.2, 0.25) is 0 Å². The zero-order chi connectivity index (χ0) is 25.8. The van der Waals surface area contributed by atoms with Crippen molar-refractivity contribution in [2.24, 2.45) is 5.92 Å². The monoisotopic (exact) mass is 493 g/mol. The van der Waals surface area contributed by atoms with Gasteiger partial charge in [-0.1, -0.05) is 61.7 Å². The molecule has 0 bridgehead atoms. The second-order valence-corrected chi connectivity index (χ2v) is 9.78. The number of nitrogens with zero attached hydrogens (tertiary/aromatic N) is 2. The first-order valence-corrected chi connectivity index (χ1v) is 12.8. The van der Waals surface area contributed by atoms with Crippen LogP contribution in [0.1, 0.15) is 49.1 Å². The number of H-pyrrole nitrogens is 1.